The molecular formula is C25H22Cl2N2O3. The highest BCUT2D eigenvalue weighted by molar-refractivity contribution is 6.36. The number of methoxy groups -OCH3 is 1. The van der Waals surface area contributed by atoms with Crippen molar-refractivity contribution in [2.45, 2.75) is 26.2 Å². The molecule has 0 bridgehead atoms. The molecule has 164 valence electrons. The monoisotopic (exact) mass is 468 g/mol. The number of aromatic nitrogens is 1. The second kappa shape index (κ2) is 9.23. The number of nitrogens with one attached hydrogen (secondary N) is 1. The molecule has 1 aromatic heterocycles. The molecule has 0 aliphatic carbocycles. The van der Waals surface area contributed by atoms with Gasteiger partial charge in [0.05, 0.1) is 17.7 Å². The average molecular weight is 469 g/mol. The number of amides is 1. The molecule has 0 saturated heterocycles. The molecule has 0 aliphatic rings. The molecular weight excluding hydrogens is 447 g/mol. The summed E-state index contributed by atoms with van der Waals surface area (Å²) in [7, 11) is 1.45. The van der Waals surface area contributed by atoms with Crippen molar-refractivity contribution in [2.24, 2.45) is 0 Å². The Morgan fingerprint density at radius 3 is 2.72 bits per heavy atom. The molecule has 0 saturated carbocycles. The number of benzene rings is 3. The minimum absolute atomic E-state index is 0.245. The predicted octanol–water partition coefficient (Wildman–Crippen LogP) is 7.58. The molecule has 3 aromatic carbocycles. The van der Waals surface area contributed by atoms with E-state index in [-0.39, 0.29) is 22.2 Å². The van der Waals surface area contributed by atoms with Gasteiger partial charge in [0.15, 0.2) is 5.58 Å². The van der Waals surface area contributed by atoms with E-state index in [1.165, 1.54) is 24.8 Å². The number of hydrogen-bond donors (Lipinski definition) is 1. The first-order chi connectivity index (χ1) is 15.4. The fourth-order valence-electron chi connectivity index (χ4n) is 3.48. The first-order valence-electron chi connectivity index (χ1n) is 10.2. The van der Waals surface area contributed by atoms with Crippen LogP contribution >= 0.6 is 23.2 Å². The maximum Gasteiger partial charge on any atom is 0.259 e. The van der Waals surface area contributed by atoms with Gasteiger partial charge in [0, 0.05) is 16.3 Å². The second-order valence-corrected chi connectivity index (χ2v) is 8.40. The van der Waals surface area contributed by atoms with Gasteiger partial charge in [-0.05, 0) is 60.4 Å². The van der Waals surface area contributed by atoms with E-state index in [4.69, 9.17) is 32.4 Å². The van der Waals surface area contributed by atoms with Crippen molar-refractivity contribution in [3.05, 3.63) is 75.8 Å². The van der Waals surface area contributed by atoms with E-state index in [0.717, 1.165) is 23.1 Å². The van der Waals surface area contributed by atoms with Gasteiger partial charge in [0.25, 0.3) is 5.91 Å². The second-order valence-electron chi connectivity index (χ2n) is 7.56. The van der Waals surface area contributed by atoms with Crippen LogP contribution in [0.1, 0.15) is 42.1 Å². The number of oxazole rings is 1. The first kappa shape index (κ1) is 22.2. The standard InChI is InChI=1S/C25H22Cl2N2O3/c1-4-14(2)15-8-9-22-21(11-15)29-25(32-22)16-6-5-7-18(10-16)28-24(30)19-12-17(26)13-20(27)23(19)31-3/h5-14H,4H2,1-3H3,(H,28,30)/t14-/m0/s1. The molecule has 0 unspecified atom stereocenters. The number of rotatable bonds is 6. The largest absolute Gasteiger partial charge is 0.494 e. The highest BCUT2D eigenvalue weighted by Gasteiger charge is 2.18. The number of nitrogens with zero attached hydrogens (tertiary/aromatic N) is 1. The zero-order valence-corrected chi connectivity index (χ0v) is 19.4. The van der Waals surface area contributed by atoms with Gasteiger partial charge >= 0.3 is 0 Å². The number of ether oxygens (including phenoxy) is 1. The topological polar surface area (TPSA) is 64.4 Å². The number of halogens is 2. The maximum atomic E-state index is 12.9. The lowest BCUT2D eigenvalue weighted by Gasteiger charge is -2.12. The summed E-state index contributed by atoms with van der Waals surface area (Å²) >= 11 is 12.2. The van der Waals surface area contributed by atoms with E-state index < -0.39 is 0 Å². The lowest BCUT2D eigenvalue weighted by Crippen LogP contribution is -2.13. The summed E-state index contributed by atoms with van der Waals surface area (Å²) < 4.78 is 11.2. The molecule has 0 spiro atoms. The van der Waals surface area contributed by atoms with Crippen molar-refractivity contribution in [1.29, 1.82) is 0 Å². The molecule has 1 N–H and O–H groups in total. The number of carbonyl (C=O) groups excluding carboxylic acids is 1. The van der Waals surface area contributed by atoms with E-state index in [1.807, 2.05) is 18.2 Å². The Labute approximate surface area is 196 Å². The molecule has 7 heteroatoms. The lowest BCUT2D eigenvalue weighted by molar-refractivity contribution is 0.102. The Bertz CT molecular complexity index is 1300. The fourth-order valence-corrected chi connectivity index (χ4v) is 4.05. The molecule has 1 amide bonds. The molecule has 0 aliphatic heterocycles. The zero-order valence-electron chi connectivity index (χ0n) is 17.9. The molecule has 32 heavy (non-hydrogen) atoms. The summed E-state index contributed by atoms with van der Waals surface area (Å²) in [6.45, 7) is 4.35. The van der Waals surface area contributed by atoms with Gasteiger partial charge in [-0.1, -0.05) is 49.2 Å². The van der Waals surface area contributed by atoms with Crippen molar-refractivity contribution < 1.29 is 13.9 Å². The van der Waals surface area contributed by atoms with Gasteiger partial charge in [0.2, 0.25) is 5.89 Å². The van der Waals surface area contributed by atoms with E-state index >= 15 is 0 Å². The summed E-state index contributed by atoms with van der Waals surface area (Å²) in [6, 6.07) is 16.4. The van der Waals surface area contributed by atoms with E-state index in [9.17, 15) is 4.79 Å². The first-order valence-corrected chi connectivity index (χ1v) is 11.0. The number of hydrogen-bond acceptors (Lipinski definition) is 4. The Morgan fingerprint density at radius 2 is 1.97 bits per heavy atom. The summed E-state index contributed by atoms with van der Waals surface area (Å²) in [4.78, 5) is 17.5. The number of fused-ring (bicyclic) bond motifs is 1. The van der Waals surface area contributed by atoms with Gasteiger partial charge in [-0.25, -0.2) is 4.98 Å². The van der Waals surface area contributed by atoms with Crippen LogP contribution in [-0.2, 0) is 0 Å². The third kappa shape index (κ3) is 4.45. The average Bonchev–Trinajstić information content (AvgIpc) is 3.21. The summed E-state index contributed by atoms with van der Waals surface area (Å²) in [5.41, 5.74) is 4.34. The highest BCUT2D eigenvalue weighted by Crippen LogP contribution is 2.33. The Kier molecular flexibility index (Phi) is 6.40. The minimum atomic E-state index is -0.390. The van der Waals surface area contributed by atoms with Crippen molar-refractivity contribution in [2.75, 3.05) is 12.4 Å². The van der Waals surface area contributed by atoms with Crippen molar-refractivity contribution in [1.82, 2.24) is 4.98 Å². The highest BCUT2D eigenvalue weighted by atomic mass is 35.5. The van der Waals surface area contributed by atoms with Crippen LogP contribution in [0, 0.1) is 0 Å². The quantitative estimate of drug-likeness (QED) is 0.316. The van der Waals surface area contributed by atoms with E-state index in [2.05, 4.69) is 36.3 Å². The molecule has 5 nitrogen and oxygen atoms in total. The van der Waals surface area contributed by atoms with Crippen LogP contribution in [0.4, 0.5) is 5.69 Å². The Balaban J connectivity index is 1.63. The maximum absolute atomic E-state index is 12.9. The van der Waals surface area contributed by atoms with Crippen LogP contribution in [0.3, 0.4) is 0 Å². The predicted molar refractivity (Wildman–Crippen MR) is 129 cm³/mol. The molecule has 4 aromatic rings. The van der Waals surface area contributed by atoms with Gasteiger partial charge in [-0.3, -0.25) is 4.79 Å². The molecule has 1 atom stereocenters. The molecule has 4 rings (SSSR count). The zero-order chi connectivity index (χ0) is 22.8. The van der Waals surface area contributed by atoms with Crippen LogP contribution in [0.2, 0.25) is 10.0 Å². The van der Waals surface area contributed by atoms with Crippen LogP contribution in [0.5, 0.6) is 5.75 Å². The summed E-state index contributed by atoms with van der Waals surface area (Å²) in [5, 5.41) is 3.47. The van der Waals surface area contributed by atoms with Crippen LogP contribution in [-0.4, -0.2) is 18.0 Å². The van der Waals surface area contributed by atoms with E-state index in [1.54, 1.807) is 12.1 Å². The minimum Gasteiger partial charge on any atom is -0.494 e. The molecule has 0 radical (unpaired) electrons. The third-order valence-corrected chi connectivity index (χ3v) is 5.92. The number of anilines is 1. The van der Waals surface area contributed by atoms with Crippen molar-refractivity contribution in [3.63, 3.8) is 0 Å². The van der Waals surface area contributed by atoms with Gasteiger partial charge in [-0.15, -0.1) is 0 Å². The summed E-state index contributed by atoms with van der Waals surface area (Å²) in [5.74, 6) is 0.816. The summed E-state index contributed by atoms with van der Waals surface area (Å²) in [6.07, 6.45) is 1.06. The van der Waals surface area contributed by atoms with Gasteiger partial charge < -0.3 is 14.5 Å². The van der Waals surface area contributed by atoms with Gasteiger partial charge in [-0.2, -0.15) is 0 Å². The fraction of sp³-hybridized carbons (Fsp3) is 0.200. The van der Waals surface area contributed by atoms with Crippen LogP contribution in [0.25, 0.3) is 22.6 Å². The Hall–Kier alpha value is -3.02. The van der Waals surface area contributed by atoms with Crippen LogP contribution < -0.4 is 10.1 Å². The van der Waals surface area contributed by atoms with E-state index in [0.29, 0.717) is 22.5 Å². The van der Waals surface area contributed by atoms with Gasteiger partial charge in [0.1, 0.15) is 11.3 Å². The normalized spacial score (nSPS) is 12.0. The van der Waals surface area contributed by atoms with Crippen LogP contribution in [0.15, 0.2) is 59.0 Å². The molecule has 1 heterocycles. The lowest BCUT2D eigenvalue weighted by atomic mass is 9.98. The SMILES string of the molecule is CC[C@H](C)c1ccc2oc(-c3cccc(NC(=O)c4cc(Cl)cc(Cl)c4OC)c3)nc2c1. The van der Waals surface area contributed by atoms with Crippen molar-refractivity contribution >= 4 is 45.9 Å². The number of carbonyl (C=O) groups is 1. The smallest absolute Gasteiger partial charge is 0.259 e. The third-order valence-electron chi connectivity index (χ3n) is 5.42. The Morgan fingerprint density at radius 1 is 1.16 bits per heavy atom. The van der Waals surface area contributed by atoms with Crippen molar-refractivity contribution in [3.8, 4) is 17.2 Å². The molecule has 0 fully saturated rings.